The minimum absolute atomic E-state index is 0.148. The lowest BCUT2D eigenvalue weighted by atomic mass is 10.0. The molecule has 3 aromatic carbocycles. The number of rotatable bonds is 9. The summed E-state index contributed by atoms with van der Waals surface area (Å²) in [7, 11) is 3.08. The summed E-state index contributed by atoms with van der Waals surface area (Å²) < 4.78 is 16.2. The summed E-state index contributed by atoms with van der Waals surface area (Å²) in [5, 5.41) is 18.1. The summed E-state index contributed by atoms with van der Waals surface area (Å²) in [4.78, 5) is 28.1. The summed E-state index contributed by atoms with van der Waals surface area (Å²) in [5.74, 6) is 1.10. The van der Waals surface area contributed by atoms with Gasteiger partial charge in [-0.1, -0.05) is 41.6 Å². The van der Waals surface area contributed by atoms with E-state index in [0.29, 0.717) is 29.3 Å². The van der Waals surface area contributed by atoms with E-state index in [-0.39, 0.29) is 17.1 Å². The molecule has 4 rings (SSSR count). The lowest BCUT2D eigenvalue weighted by Crippen LogP contribution is -2.30. The number of benzene rings is 3. The molecule has 1 N–H and O–H groups in total. The van der Waals surface area contributed by atoms with Gasteiger partial charge in [-0.15, -0.1) is 0 Å². The van der Waals surface area contributed by atoms with Crippen LogP contribution >= 0.6 is 0 Å². The van der Waals surface area contributed by atoms with Crippen molar-refractivity contribution in [3.05, 3.63) is 99.9 Å². The molecule has 1 amide bonds. The molecule has 4 aromatic rings. The second kappa shape index (κ2) is 10.5. The van der Waals surface area contributed by atoms with Crippen LogP contribution in [0, 0.1) is 10.1 Å². The van der Waals surface area contributed by atoms with Gasteiger partial charge >= 0.3 is 0 Å². The minimum Gasteiger partial charge on any atom is -0.497 e. The number of nitro benzene ring substituents is 1. The molecule has 178 valence electrons. The Bertz CT molecular complexity index is 1320. The molecule has 10 nitrogen and oxygen atoms in total. The Balaban J connectivity index is 1.65. The van der Waals surface area contributed by atoms with E-state index in [0.717, 1.165) is 5.56 Å². The Morgan fingerprint density at radius 3 is 2.40 bits per heavy atom. The third-order valence-electron chi connectivity index (χ3n) is 5.26. The number of hydrogen-bond acceptors (Lipinski definition) is 8. The van der Waals surface area contributed by atoms with Crippen molar-refractivity contribution in [3.8, 4) is 22.9 Å². The first-order chi connectivity index (χ1) is 17.0. The number of nitro groups is 1. The molecule has 0 saturated heterocycles. The number of carbonyl (C=O) groups is 1. The van der Waals surface area contributed by atoms with Gasteiger partial charge in [0, 0.05) is 35.7 Å². The lowest BCUT2D eigenvalue weighted by molar-refractivity contribution is -0.384. The number of hydrogen-bond donors (Lipinski definition) is 1. The first-order valence-corrected chi connectivity index (χ1v) is 10.6. The molecule has 0 fully saturated rings. The van der Waals surface area contributed by atoms with E-state index in [1.807, 2.05) is 30.3 Å². The average molecular weight is 474 g/mol. The maximum absolute atomic E-state index is 13.0. The van der Waals surface area contributed by atoms with Crippen LogP contribution in [0.4, 0.5) is 5.69 Å². The largest absolute Gasteiger partial charge is 0.497 e. The van der Waals surface area contributed by atoms with Gasteiger partial charge in [0.2, 0.25) is 11.7 Å². The second-order valence-corrected chi connectivity index (χ2v) is 7.58. The van der Waals surface area contributed by atoms with E-state index in [2.05, 4.69) is 15.5 Å². The first kappa shape index (κ1) is 23.4. The topological polar surface area (TPSA) is 130 Å². The SMILES string of the molecule is COc1cc(OC)cc(-c2noc([C@H](Cc3ccccc3)NC(=O)c3cccc([N+](=O)[O-])c3)n2)c1. The zero-order valence-corrected chi connectivity index (χ0v) is 19.0. The molecule has 0 unspecified atom stereocenters. The highest BCUT2D eigenvalue weighted by atomic mass is 16.6. The number of amides is 1. The van der Waals surface area contributed by atoms with Crippen LogP contribution in [0.5, 0.6) is 11.5 Å². The minimum atomic E-state index is -0.682. The van der Waals surface area contributed by atoms with Crippen molar-refractivity contribution in [2.45, 2.75) is 12.5 Å². The standard InChI is InChI=1S/C25H22N4O6/c1-33-20-13-18(14-21(15-20)34-2)23-27-25(35-28-23)22(11-16-7-4-3-5-8-16)26-24(30)17-9-6-10-19(12-17)29(31)32/h3-10,12-15,22H,11H2,1-2H3,(H,26,30)/t22-/m0/s1. The maximum atomic E-state index is 13.0. The lowest BCUT2D eigenvalue weighted by Gasteiger charge is -2.15. The van der Waals surface area contributed by atoms with Gasteiger partial charge in [0.1, 0.15) is 17.5 Å². The first-order valence-electron chi connectivity index (χ1n) is 10.6. The molecular weight excluding hydrogens is 452 g/mol. The third kappa shape index (κ3) is 5.61. The van der Waals surface area contributed by atoms with Crippen LogP contribution in [-0.4, -0.2) is 35.2 Å². The number of methoxy groups -OCH3 is 2. The molecule has 0 radical (unpaired) electrons. The van der Waals surface area contributed by atoms with Crippen LogP contribution < -0.4 is 14.8 Å². The van der Waals surface area contributed by atoms with Crippen LogP contribution in [0.15, 0.2) is 77.3 Å². The zero-order chi connectivity index (χ0) is 24.8. The van der Waals surface area contributed by atoms with Gasteiger partial charge in [-0.3, -0.25) is 14.9 Å². The number of ether oxygens (including phenoxy) is 2. The fraction of sp³-hybridized carbons (Fsp3) is 0.160. The van der Waals surface area contributed by atoms with Gasteiger partial charge in [0.15, 0.2) is 0 Å². The van der Waals surface area contributed by atoms with Crippen molar-refractivity contribution >= 4 is 11.6 Å². The Morgan fingerprint density at radius 1 is 1.03 bits per heavy atom. The van der Waals surface area contributed by atoms with Gasteiger partial charge in [0.05, 0.1) is 19.1 Å². The van der Waals surface area contributed by atoms with Gasteiger partial charge in [0.25, 0.3) is 11.6 Å². The monoisotopic (exact) mass is 474 g/mol. The Labute approximate surface area is 200 Å². The molecule has 0 aliphatic carbocycles. The Hall–Kier alpha value is -4.73. The van der Waals surface area contributed by atoms with Gasteiger partial charge in [-0.2, -0.15) is 4.98 Å². The van der Waals surface area contributed by atoms with Crippen molar-refractivity contribution < 1.29 is 23.7 Å². The van der Waals surface area contributed by atoms with E-state index in [9.17, 15) is 14.9 Å². The fourth-order valence-electron chi connectivity index (χ4n) is 3.48. The molecule has 1 atom stereocenters. The predicted octanol–water partition coefficient (Wildman–Crippen LogP) is 4.38. The maximum Gasteiger partial charge on any atom is 0.270 e. The number of carbonyl (C=O) groups excluding carboxylic acids is 1. The Morgan fingerprint density at radius 2 is 1.74 bits per heavy atom. The van der Waals surface area contributed by atoms with Crippen molar-refractivity contribution in [2.24, 2.45) is 0 Å². The molecule has 0 aliphatic rings. The van der Waals surface area contributed by atoms with E-state index in [1.54, 1.807) is 32.4 Å². The van der Waals surface area contributed by atoms with Gasteiger partial charge < -0.3 is 19.3 Å². The quantitative estimate of drug-likeness (QED) is 0.279. The Kier molecular flexibility index (Phi) is 7.01. The highest BCUT2D eigenvalue weighted by Gasteiger charge is 2.24. The van der Waals surface area contributed by atoms with Crippen LogP contribution in [0.2, 0.25) is 0 Å². The highest BCUT2D eigenvalue weighted by molar-refractivity contribution is 5.95. The molecule has 1 aromatic heterocycles. The van der Waals surface area contributed by atoms with Crippen LogP contribution in [0.1, 0.15) is 27.9 Å². The van der Waals surface area contributed by atoms with E-state index >= 15 is 0 Å². The molecule has 0 aliphatic heterocycles. The zero-order valence-electron chi connectivity index (χ0n) is 19.0. The van der Waals surface area contributed by atoms with Crippen LogP contribution in [-0.2, 0) is 6.42 Å². The number of nitrogens with one attached hydrogen (secondary N) is 1. The molecule has 0 bridgehead atoms. The van der Waals surface area contributed by atoms with Crippen molar-refractivity contribution in [3.63, 3.8) is 0 Å². The van der Waals surface area contributed by atoms with Crippen LogP contribution in [0.25, 0.3) is 11.4 Å². The van der Waals surface area contributed by atoms with Gasteiger partial charge in [-0.05, 0) is 23.8 Å². The summed E-state index contributed by atoms with van der Waals surface area (Å²) in [6, 6.07) is 19.5. The predicted molar refractivity (Wildman–Crippen MR) is 126 cm³/mol. The summed E-state index contributed by atoms with van der Waals surface area (Å²) >= 11 is 0. The third-order valence-corrected chi connectivity index (χ3v) is 5.26. The van der Waals surface area contributed by atoms with Crippen molar-refractivity contribution in [2.75, 3.05) is 14.2 Å². The normalized spacial score (nSPS) is 11.5. The molecule has 0 saturated carbocycles. The van der Waals surface area contributed by atoms with E-state index in [1.165, 1.54) is 24.3 Å². The van der Waals surface area contributed by atoms with E-state index < -0.39 is 16.9 Å². The smallest absolute Gasteiger partial charge is 0.270 e. The molecule has 35 heavy (non-hydrogen) atoms. The van der Waals surface area contributed by atoms with Crippen molar-refractivity contribution in [1.82, 2.24) is 15.5 Å². The number of aromatic nitrogens is 2. The van der Waals surface area contributed by atoms with Gasteiger partial charge in [-0.25, -0.2) is 0 Å². The summed E-state index contributed by atoms with van der Waals surface area (Å²) in [6.45, 7) is 0. The average Bonchev–Trinajstić information content (AvgIpc) is 3.39. The number of nitrogens with zero attached hydrogens (tertiary/aromatic N) is 3. The second-order valence-electron chi connectivity index (χ2n) is 7.58. The molecule has 10 heteroatoms. The van der Waals surface area contributed by atoms with Crippen molar-refractivity contribution in [1.29, 1.82) is 0 Å². The molecule has 0 spiro atoms. The molecule has 1 heterocycles. The highest BCUT2D eigenvalue weighted by Crippen LogP contribution is 2.29. The fourth-order valence-corrected chi connectivity index (χ4v) is 3.48. The summed E-state index contributed by atoms with van der Waals surface area (Å²) in [6.07, 6.45) is 0.366. The number of non-ortho nitro benzene ring substituents is 1. The van der Waals surface area contributed by atoms with E-state index in [4.69, 9.17) is 14.0 Å². The van der Waals surface area contributed by atoms with Crippen LogP contribution in [0.3, 0.4) is 0 Å². The summed E-state index contributed by atoms with van der Waals surface area (Å²) in [5.41, 5.74) is 1.51. The molecular formula is C25H22N4O6.